The summed E-state index contributed by atoms with van der Waals surface area (Å²) in [7, 11) is -3.56. The van der Waals surface area contributed by atoms with E-state index in [1.165, 1.54) is 11.3 Å². The molecule has 21 heavy (non-hydrogen) atoms. The molecule has 0 bridgehead atoms. The maximum atomic E-state index is 12.4. The molecule has 0 saturated carbocycles. The standard InChI is InChI=1S/C13H19N3O3S2/c1-8-13(10(3)19-15-8)9(2)16-21(17,18)12-5-4-11(20-12)6-7-14/h4-5,9,16H,6-7,14H2,1-3H3. The van der Waals surface area contributed by atoms with Gasteiger partial charge in [0.2, 0.25) is 0 Å². The van der Waals surface area contributed by atoms with Crippen molar-refractivity contribution >= 4 is 21.4 Å². The molecule has 1 unspecified atom stereocenters. The molecule has 2 aromatic heterocycles. The minimum absolute atomic E-state index is 0.296. The normalized spacial score (nSPS) is 13.5. The Hall–Kier alpha value is -1.22. The molecule has 116 valence electrons. The van der Waals surface area contributed by atoms with Crippen LogP contribution >= 0.6 is 11.3 Å². The van der Waals surface area contributed by atoms with Crippen LogP contribution in [0.3, 0.4) is 0 Å². The first-order chi connectivity index (χ1) is 9.85. The molecular weight excluding hydrogens is 310 g/mol. The first-order valence-electron chi connectivity index (χ1n) is 6.59. The number of nitrogens with one attached hydrogen (secondary N) is 1. The second kappa shape index (κ2) is 6.27. The van der Waals surface area contributed by atoms with Crippen molar-refractivity contribution in [1.29, 1.82) is 0 Å². The fourth-order valence-electron chi connectivity index (χ4n) is 2.24. The molecule has 0 aliphatic rings. The van der Waals surface area contributed by atoms with E-state index < -0.39 is 16.1 Å². The first-order valence-corrected chi connectivity index (χ1v) is 8.89. The van der Waals surface area contributed by atoms with Crippen LogP contribution in [-0.2, 0) is 16.4 Å². The zero-order valence-electron chi connectivity index (χ0n) is 12.2. The SMILES string of the molecule is Cc1noc(C)c1C(C)NS(=O)(=O)c1ccc(CCN)s1. The van der Waals surface area contributed by atoms with Crippen LogP contribution in [0.4, 0.5) is 0 Å². The number of hydrogen-bond acceptors (Lipinski definition) is 6. The summed E-state index contributed by atoms with van der Waals surface area (Å²) in [6, 6.07) is 3.01. The lowest BCUT2D eigenvalue weighted by Gasteiger charge is -2.13. The second-order valence-electron chi connectivity index (χ2n) is 4.84. The van der Waals surface area contributed by atoms with E-state index in [1.54, 1.807) is 32.9 Å². The number of nitrogens with two attached hydrogens (primary N) is 1. The molecule has 2 aromatic rings. The van der Waals surface area contributed by atoms with Crippen LogP contribution in [0.25, 0.3) is 0 Å². The van der Waals surface area contributed by atoms with Crippen molar-refractivity contribution in [3.63, 3.8) is 0 Å². The quantitative estimate of drug-likeness (QED) is 0.843. The van der Waals surface area contributed by atoms with E-state index in [-0.39, 0.29) is 0 Å². The maximum Gasteiger partial charge on any atom is 0.250 e. The van der Waals surface area contributed by atoms with Gasteiger partial charge in [0, 0.05) is 16.5 Å². The van der Waals surface area contributed by atoms with Crippen molar-refractivity contribution in [3.05, 3.63) is 34.0 Å². The summed E-state index contributed by atoms with van der Waals surface area (Å²) in [4.78, 5) is 0.961. The molecule has 3 N–H and O–H groups in total. The molecule has 0 spiro atoms. The van der Waals surface area contributed by atoms with Gasteiger partial charge in [-0.15, -0.1) is 11.3 Å². The fraction of sp³-hybridized carbons (Fsp3) is 0.462. The summed E-state index contributed by atoms with van der Waals surface area (Å²) < 4.78 is 32.8. The third-order valence-electron chi connectivity index (χ3n) is 3.15. The summed E-state index contributed by atoms with van der Waals surface area (Å²) in [5.74, 6) is 0.623. The Morgan fingerprint density at radius 2 is 2.14 bits per heavy atom. The Bertz CT molecular complexity index is 699. The van der Waals surface area contributed by atoms with Gasteiger partial charge in [-0.3, -0.25) is 0 Å². The van der Waals surface area contributed by atoms with Gasteiger partial charge < -0.3 is 10.3 Å². The van der Waals surface area contributed by atoms with Crippen LogP contribution in [0.15, 0.2) is 20.9 Å². The van der Waals surface area contributed by atoms with Gasteiger partial charge in [-0.2, -0.15) is 0 Å². The number of thiophene rings is 1. The lowest BCUT2D eigenvalue weighted by Crippen LogP contribution is -2.26. The molecule has 0 aromatic carbocycles. The maximum absolute atomic E-state index is 12.4. The van der Waals surface area contributed by atoms with E-state index in [0.717, 1.165) is 10.4 Å². The summed E-state index contributed by atoms with van der Waals surface area (Å²) in [6.07, 6.45) is 0.680. The van der Waals surface area contributed by atoms with Crippen molar-refractivity contribution in [2.45, 2.75) is 37.4 Å². The van der Waals surface area contributed by atoms with Gasteiger partial charge in [-0.1, -0.05) is 5.16 Å². The van der Waals surface area contributed by atoms with Gasteiger partial charge in [-0.05, 0) is 45.9 Å². The van der Waals surface area contributed by atoms with Gasteiger partial charge in [0.1, 0.15) is 9.97 Å². The largest absolute Gasteiger partial charge is 0.361 e. The van der Waals surface area contributed by atoms with Crippen molar-refractivity contribution in [2.24, 2.45) is 5.73 Å². The van der Waals surface area contributed by atoms with Gasteiger partial charge in [0.25, 0.3) is 10.0 Å². The summed E-state index contributed by atoms with van der Waals surface area (Å²) in [5.41, 5.74) is 6.95. The highest BCUT2D eigenvalue weighted by molar-refractivity contribution is 7.91. The molecular formula is C13H19N3O3S2. The molecule has 2 rings (SSSR count). The summed E-state index contributed by atoms with van der Waals surface area (Å²) >= 11 is 1.24. The Labute approximate surface area is 128 Å². The van der Waals surface area contributed by atoms with E-state index >= 15 is 0 Å². The van der Waals surface area contributed by atoms with E-state index in [1.807, 2.05) is 0 Å². The first kappa shape index (κ1) is 16.2. The predicted molar refractivity (Wildman–Crippen MR) is 81.8 cm³/mol. The van der Waals surface area contributed by atoms with E-state index in [2.05, 4.69) is 9.88 Å². The van der Waals surface area contributed by atoms with Crippen molar-refractivity contribution in [3.8, 4) is 0 Å². The minimum atomic E-state index is -3.56. The van der Waals surface area contributed by atoms with Gasteiger partial charge in [0.05, 0.1) is 5.69 Å². The average Bonchev–Trinajstić information content (AvgIpc) is 2.97. The molecule has 0 aliphatic carbocycles. The molecule has 1 atom stereocenters. The topological polar surface area (TPSA) is 98.2 Å². The third kappa shape index (κ3) is 3.52. The van der Waals surface area contributed by atoms with Gasteiger partial charge in [-0.25, -0.2) is 13.1 Å². The molecule has 6 nitrogen and oxygen atoms in total. The monoisotopic (exact) mass is 329 g/mol. The van der Waals surface area contributed by atoms with E-state index in [9.17, 15) is 8.42 Å². The molecule has 0 saturated heterocycles. The third-order valence-corrected chi connectivity index (χ3v) is 6.32. The minimum Gasteiger partial charge on any atom is -0.361 e. The number of nitrogens with zero attached hydrogens (tertiary/aromatic N) is 1. The fourth-order valence-corrected chi connectivity index (χ4v) is 4.84. The summed E-state index contributed by atoms with van der Waals surface area (Å²) in [6.45, 7) is 5.84. The molecule has 2 heterocycles. The highest BCUT2D eigenvalue weighted by atomic mass is 32.2. The lowest BCUT2D eigenvalue weighted by molar-refractivity contribution is 0.391. The van der Waals surface area contributed by atoms with Crippen molar-refractivity contribution in [2.75, 3.05) is 6.54 Å². The van der Waals surface area contributed by atoms with Crippen LogP contribution in [-0.4, -0.2) is 20.1 Å². The molecule has 8 heteroatoms. The smallest absolute Gasteiger partial charge is 0.250 e. The number of aryl methyl sites for hydroxylation is 2. The van der Waals surface area contributed by atoms with Crippen molar-refractivity contribution in [1.82, 2.24) is 9.88 Å². The average molecular weight is 329 g/mol. The van der Waals surface area contributed by atoms with Crippen LogP contribution < -0.4 is 10.5 Å². The number of hydrogen-bond donors (Lipinski definition) is 2. The van der Waals surface area contributed by atoms with Crippen LogP contribution in [0.2, 0.25) is 0 Å². The number of aromatic nitrogens is 1. The van der Waals surface area contributed by atoms with E-state index in [0.29, 0.717) is 28.6 Å². The van der Waals surface area contributed by atoms with Gasteiger partial charge >= 0.3 is 0 Å². The highest BCUT2D eigenvalue weighted by Gasteiger charge is 2.24. The zero-order valence-corrected chi connectivity index (χ0v) is 13.8. The highest BCUT2D eigenvalue weighted by Crippen LogP contribution is 2.26. The van der Waals surface area contributed by atoms with Crippen LogP contribution in [0, 0.1) is 13.8 Å². The summed E-state index contributed by atoms with van der Waals surface area (Å²) in [5, 5.41) is 3.85. The molecule has 0 aliphatic heterocycles. The number of rotatable bonds is 6. The lowest BCUT2D eigenvalue weighted by atomic mass is 10.1. The van der Waals surface area contributed by atoms with E-state index in [4.69, 9.17) is 10.3 Å². The Morgan fingerprint density at radius 1 is 1.43 bits per heavy atom. The Balaban J connectivity index is 2.20. The Kier molecular flexibility index (Phi) is 4.82. The van der Waals surface area contributed by atoms with Gasteiger partial charge in [0.15, 0.2) is 0 Å². The molecule has 0 fully saturated rings. The van der Waals surface area contributed by atoms with Crippen molar-refractivity contribution < 1.29 is 12.9 Å². The molecule has 0 amide bonds. The zero-order chi connectivity index (χ0) is 15.6. The number of sulfonamides is 1. The second-order valence-corrected chi connectivity index (χ2v) is 7.95. The Morgan fingerprint density at radius 3 is 2.71 bits per heavy atom. The molecule has 0 radical (unpaired) electrons. The predicted octanol–water partition coefficient (Wildman–Crippen LogP) is 1.89. The van der Waals surface area contributed by atoms with Crippen LogP contribution in [0.5, 0.6) is 0 Å². The van der Waals surface area contributed by atoms with Crippen LogP contribution in [0.1, 0.15) is 34.9 Å².